The van der Waals surface area contributed by atoms with Crippen molar-refractivity contribution in [2.45, 2.75) is 13.5 Å². The first-order chi connectivity index (χ1) is 12.5. The molecule has 2 rings (SSSR count). The molecule has 0 saturated carbocycles. The molecule has 1 amide bonds. The first-order valence-corrected chi connectivity index (χ1v) is 8.26. The van der Waals surface area contributed by atoms with Crippen LogP contribution in [0, 0.1) is 5.82 Å². The predicted octanol–water partition coefficient (Wildman–Crippen LogP) is 1.99. The van der Waals surface area contributed by atoms with E-state index in [1.807, 2.05) is 18.9 Å². The molecule has 1 heterocycles. The van der Waals surface area contributed by atoms with E-state index in [1.165, 1.54) is 18.2 Å². The van der Waals surface area contributed by atoms with Gasteiger partial charge >= 0.3 is 0 Å². The van der Waals surface area contributed by atoms with Gasteiger partial charge in [-0.15, -0.1) is 0 Å². The van der Waals surface area contributed by atoms with Gasteiger partial charge in [-0.3, -0.25) is 4.79 Å². The number of halogens is 1. The second kappa shape index (κ2) is 9.45. The Morgan fingerprint density at radius 3 is 2.65 bits per heavy atom. The third-order valence-electron chi connectivity index (χ3n) is 3.49. The molecule has 0 aliphatic carbocycles. The zero-order chi connectivity index (χ0) is 18.9. The van der Waals surface area contributed by atoms with E-state index in [1.54, 1.807) is 18.2 Å². The van der Waals surface area contributed by atoms with Crippen molar-refractivity contribution in [3.05, 3.63) is 53.7 Å². The van der Waals surface area contributed by atoms with E-state index in [9.17, 15) is 9.18 Å². The maximum absolute atomic E-state index is 12.9. The summed E-state index contributed by atoms with van der Waals surface area (Å²) in [7, 11) is 1.88. The highest BCUT2D eigenvalue weighted by Gasteiger charge is 2.09. The SMILES string of the molecule is CCNC(=NCc1ccc(C(N)=O)o1)N(C)CCOc1ccc(F)cc1. The highest BCUT2D eigenvalue weighted by Crippen LogP contribution is 2.11. The third kappa shape index (κ3) is 5.80. The number of ether oxygens (including phenoxy) is 1. The number of benzene rings is 1. The van der Waals surface area contributed by atoms with Gasteiger partial charge in [0.15, 0.2) is 11.7 Å². The second-order valence-electron chi connectivity index (χ2n) is 5.52. The molecule has 3 N–H and O–H groups in total. The van der Waals surface area contributed by atoms with Crippen LogP contribution in [0.2, 0.25) is 0 Å². The van der Waals surface area contributed by atoms with Crippen molar-refractivity contribution >= 4 is 11.9 Å². The molecule has 0 aliphatic heterocycles. The van der Waals surface area contributed by atoms with Crippen LogP contribution in [0.1, 0.15) is 23.2 Å². The standard InChI is InChI=1S/C18H23FN4O3/c1-3-21-18(22-12-15-8-9-16(26-15)17(20)24)23(2)10-11-25-14-6-4-13(19)5-7-14/h4-9H,3,10-12H2,1-2H3,(H2,20,24)(H,21,22). The number of hydrogen-bond donors (Lipinski definition) is 2. The molecule has 0 spiro atoms. The van der Waals surface area contributed by atoms with Crippen LogP contribution in [0.5, 0.6) is 5.75 Å². The third-order valence-corrected chi connectivity index (χ3v) is 3.49. The van der Waals surface area contributed by atoms with Crippen LogP contribution in [-0.2, 0) is 6.54 Å². The number of rotatable bonds is 8. The largest absolute Gasteiger partial charge is 0.492 e. The van der Waals surface area contributed by atoms with Gasteiger partial charge in [-0.1, -0.05) is 0 Å². The molecule has 7 nitrogen and oxygen atoms in total. The molecular formula is C18H23FN4O3. The number of guanidine groups is 1. The Kier molecular flexibility index (Phi) is 7.02. The van der Waals surface area contributed by atoms with Crippen molar-refractivity contribution in [1.82, 2.24) is 10.2 Å². The lowest BCUT2D eigenvalue weighted by molar-refractivity contribution is 0.0972. The summed E-state index contributed by atoms with van der Waals surface area (Å²) in [6, 6.07) is 9.08. The number of primary amides is 1. The molecule has 0 aliphatic rings. The maximum atomic E-state index is 12.9. The van der Waals surface area contributed by atoms with E-state index in [0.29, 0.717) is 37.2 Å². The number of nitrogens with one attached hydrogen (secondary N) is 1. The summed E-state index contributed by atoms with van der Waals surface area (Å²) in [5.74, 6) is 1.03. The van der Waals surface area contributed by atoms with Crippen LogP contribution in [0.3, 0.4) is 0 Å². The summed E-state index contributed by atoms with van der Waals surface area (Å²) in [4.78, 5) is 17.4. The number of nitrogens with two attached hydrogens (primary N) is 1. The molecule has 26 heavy (non-hydrogen) atoms. The van der Waals surface area contributed by atoms with Gasteiger partial charge in [-0.25, -0.2) is 9.38 Å². The van der Waals surface area contributed by atoms with Gasteiger partial charge in [0.25, 0.3) is 5.91 Å². The fourth-order valence-corrected chi connectivity index (χ4v) is 2.15. The predicted molar refractivity (Wildman–Crippen MR) is 96.6 cm³/mol. The fraction of sp³-hybridized carbons (Fsp3) is 0.333. The monoisotopic (exact) mass is 362 g/mol. The summed E-state index contributed by atoms with van der Waals surface area (Å²) in [5, 5.41) is 3.18. The van der Waals surface area contributed by atoms with E-state index < -0.39 is 5.91 Å². The van der Waals surface area contributed by atoms with Crippen LogP contribution in [0.25, 0.3) is 0 Å². The van der Waals surface area contributed by atoms with Gasteiger partial charge in [0.05, 0.1) is 6.54 Å². The summed E-state index contributed by atoms with van der Waals surface area (Å²) < 4.78 is 23.8. The summed E-state index contributed by atoms with van der Waals surface area (Å²) >= 11 is 0. The quantitative estimate of drug-likeness (QED) is 0.553. The highest BCUT2D eigenvalue weighted by atomic mass is 19.1. The lowest BCUT2D eigenvalue weighted by atomic mass is 10.3. The Morgan fingerprint density at radius 1 is 1.31 bits per heavy atom. The first kappa shape index (κ1) is 19.3. The molecule has 1 aromatic carbocycles. The molecule has 140 valence electrons. The zero-order valence-corrected chi connectivity index (χ0v) is 14.9. The smallest absolute Gasteiger partial charge is 0.284 e. The van der Waals surface area contributed by atoms with E-state index in [4.69, 9.17) is 14.9 Å². The minimum atomic E-state index is -0.609. The highest BCUT2D eigenvalue weighted by molar-refractivity contribution is 5.89. The van der Waals surface area contributed by atoms with Crippen molar-refractivity contribution in [2.24, 2.45) is 10.7 Å². The minimum absolute atomic E-state index is 0.112. The van der Waals surface area contributed by atoms with E-state index in [-0.39, 0.29) is 18.1 Å². The van der Waals surface area contributed by atoms with Crippen molar-refractivity contribution in [3.63, 3.8) is 0 Å². The summed E-state index contributed by atoms with van der Waals surface area (Å²) in [5.41, 5.74) is 5.17. The average molecular weight is 362 g/mol. The maximum Gasteiger partial charge on any atom is 0.284 e. The zero-order valence-electron chi connectivity index (χ0n) is 14.9. The molecule has 8 heteroatoms. The number of amides is 1. The normalized spacial score (nSPS) is 11.3. The van der Waals surface area contributed by atoms with Gasteiger partial charge in [0.2, 0.25) is 0 Å². The van der Waals surface area contributed by atoms with Gasteiger partial charge in [0, 0.05) is 13.6 Å². The Bertz CT molecular complexity index is 743. The lowest BCUT2D eigenvalue weighted by Gasteiger charge is -2.22. The fourth-order valence-electron chi connectivity index (χ4n) is 2.15. The van der Waals surface area contributed by atoms with E-state index in [0.717, 1.165) is 0 Å². The van der Waals surface area contributed by atoms with Crippen molar-refractivity contribution < 1.29 is 18.3 Å². The van der Waals surface area contributed by atoms with Crippen LogP contribution < -0.4 is 15.8 Å². The number of likely N-dealkylation sites (N-methyl/N-ethyl adjacent to an activating group) is 1. The Labute approximate surface area is 151 Å². The van der Waals surface area contributed by atoms with E-state index >= 15 is 0 Å². The molecule has 0 radical (unpaired) electrons. The van der Waals surface area contributed by atoms with Crippen molar-refractivity contribution in [2.75, 3.05) is 26.7 Å². The second-order valence-corrected chi connectivity index (χ2v) is 5.52. The molecular weight excluding hydrogens is 339 g/mol. The summed E-state index contributed by atoms with van der Waals surface area (Å²) in [6.45, 7) is 3.94. The van der Waals surface area contributed by atoms with Crippen LogP contribution in [-0.4, -0.2) is 43.5 Å². The van der Waals surface area contributed by atoms with Crippen LogP contribution in [0.15, 0.2) is 45.8 Å². The van der Waals surface area contributed by atoms with Crippen LogP contribution >= 0.6 is 0 Å². The number of hydrogen-bond acceptors (Lipinski definition) is 4. The first-order valence-electron chi connectivity index (χ1n) is 8.26. The van der Waals surface area contributed by atoms with Crippen molar-refractivity contribution in [1.29, 1.82) is 0 Å². The van der Waals surface area contributed by atoms with Gasteiger partial charge in [-0.05, 0) is 43.3 Å². The average Bonchev–Trinajstić information content (AvgIpc) is 3.09. The molecule has 0 bridgehead atoms. The Balaban J connectivity index is 1.89. The number of furan rings is 1. The number of carbonyl (C=O) groups is 1. The van der Waals surface area contributed by atoms with Gasteiger partial charge in [0.1, 0.15) is 30.5 Å². The molecule has 0 unspecified atom stereocenters. The Morgan fingerprint density at radius 2 is 2.04 bits per heavy atom. The number of carbonyl (C=O) groups excluding carboxylic acids is 1. The molecule has 0 saturated heterocycles. The lowest BCUT2D eigenvalue weighted by Crippen LogP contribution is -2.40. The molecule has 0 fully saturated rings. The number of aliphatic imine (C=N–C) groups is 1. The van der Waals surface area contributed by atoms with Gasteiger partial charge in [-0.2, -0.15) is 0 Å². The van der Waals surface area contributed by atoms with E-state index in [2.05, 4.69) is 10.3 Å². The molecule has 0 atom stereocenters. The molecule has 1 aromatic heterocycles. The summed E-state index contributed by atoms with van der Waals surface area (Å²) in [6.07, 6.45) is 0. The topological polar surface area (TPSA) is 93.1 Å². The van der Waals surface area contributed by atoms with Gasteiger partial charge < -0.3 is 25.1 Å². The van der Waals surface area contributed by atoms with Crippen molar-refractivity contribution in [3.8, 4) is 5.75 Å². The minimum Gasteiger partial charge on any atom is -0.492 e. The Hall–Kier alpha value is -3.03. The molecule has 2 aromatic rings. The van der Waals surface area contributed by atoms with Crippen LogP contribution in [0.4, 0.5) is 4.39 Å². The number of nitrogens with zero attached hydrogens (tertiary/aromatic N) is 2.